The van der Waals surface area contributed by atoms with Crippen molar-refractivity contribution in [2.75, 3.05) is 33.2 Å². The third-order valence-corrected chi connectivity index (χ3v) is 4.48. The first kappa shape index (κ1) is 11.8. The number of likely N-dealkylation sites (tertiary alicyclic amines) is 2. The van der Waals surface area contributed by atoms with Crippen molar-refractivity contribution in [1.29, 1.82) is 0 Å². The molecule has 0 aromatic rings. The van der Waals surface area contributed by atoms with Gasteiger partial charge in [0, 0.05) is 26.2 Å². The van der Waals surface area contributed by atoms with E-state index < -0.39 is 11.6 Å². The molecule has 0 aromatic heterocycles. The smallest absolute Gasteiger partial charge is 0.313 e. The molecule has 2 heterocycles. The molecule has 3 fully saturated rings. The van der Waals surface area contributed by atoms with Gasteiger partial charge in [-0.3, -0.25) is 4.79 Å². The van der Waals surface area contributed by atoms with Gasteiger partial charge in [-0.25, -0.2) is 4.79 Å². The molecule has 6 heteroatoms. The van der Waals surface area contributed by atoms with Gasteiger partial charge in [0.15, 0.2) is 0 Å². The summed E-state index contributed by atoms with van der Waals surface area (Å²) >= 11 is 0. The zero-order valence-corrected chi connectivity index (χ0v) is 10.7. The molecule has 2 aliphatic heterocycles. The highest BCUT2D eigenvalue weighted by molar-refractivity contribution is 5.93. The van der Waals surface area contributed by atoms with Crippen LogP contribution in [0.1, 0.15) is 12.8 Å². The van der Waals surface area contributed by atoms with E-state index in [2.05, 4.69) is 17.3 Å². The number of rotatable bonds is 2. The molecular formula is C12H20N4O2. The maximum absolute atomic E-state index is 12.4. The van der Waals surface area contributed by atoms with Crippen LogP contribution in [0.5, 0.6) is 0 Å². The fourth-order valence-corrected chi connectivity index (χ4v) is 3.45. The number of nitrogens with zero attached hydrogens (tertiary/aromatic N) is 2. The summed E-state index contributed by atoms with van der Waals surface area (Å²) in [5, 5.41) is 2.62. The van der Waals surface area contributed by atoms with Crippen molar-refractivity contribution in [2.24, 2.45) is 17.6 Å². The van der Waals surface area contributed by atoms with E-state index in [0.717, 1.165) is 39.0 Å². The summed E-state index contributed by atoms with van der Waals surface area (Å²) in [4.78, 5) is 27.6. The third kappa shape index (κ3) is 1.84. The van der Waals surface area contributed by atoms with Gasteiger partial charge >= 0.3 is 6.03 Å². The van der Waals surface area contributed by atoms with Crippen LogP contribution < -0.4 is 11.1 Å². The number of fused-ring (bicyclic) bond motifs is 1. The van der Waals surface area contributed by atoms with Crippen LogP contribution in [0.3, 0.4) is 0 Å². The molecule has 0 bridgehead atoms. The Balaban J connectivity index is 1.64. The molecule has 2 saturated heterocycles. The van der Waals surface area contributed by atoms with Crippen molar-refractivity contribution in [3.05, 3.63) is 0 Å². The van der Waals surface area contributed by atoms with Gasteiger partial charge in [-0.1, -0.05) is 0 Å². The first-order valence-corrected chi connectivity index (χ1v) is 6.56. The Bertz CT molecular complexity index is 380. The van der Waals surface area contributed by atoms with Crippen LogP contribution in [0.2, 0.25) is 0 Å². The predicted octanol–water partition coefficient (Wildman–Crippen LogP) is -0.793. The first-order chi connectivity index (χ1) is 8.50. The van der Waals surface area contributed by atoms with Crippen molar-refractivity contribution in [3.8, 4) is 0 Å². The molecule has 0 unspecified atom stereocenters. The van der Waals surface area contributed by atoms with Crippen LogP contribution in [0.25, 0.3) is 0 Å². The van der Waals surface area contributed by atoms with Gasteiger partial charge in [-0.15, -0.1) is 0 Å². The number of carbonyl (C=O) groups is 2. The van der Waals surface area contributed by atoms with Crippen LogP contribution in [-0.2, 0) is 4.79 Å². The summed E-state index contributed by atoms with van der Waals surface area (Å²) < 4.78 is 0. The Morgan fingerprint density at radius 1 is 1.17 bits per heavy atom. The molecule has 6 nitrogen and oxygen atoms in total. The molecule has 2 atom stereocenters. The monoisotopic (exact) mass is 252 g/mol. The molecule has 1 saturated carbocycles. The quantitative estimate of drug-likeness (QED) is 0.676. The standard InChI is InChI=1S/C12H20N4O2/c1-15-4-8-6-16(7-9(8)5-15)10(17)12(2-3-12)14-11(13)18/h8-9H,2-7H2,1H3,(H3,13,14,18)/t8-,9+. The number of urea groups is 1. The molecule has 3 amide bonds. The molecule has 3 aliphatic rings. The highest BCUT2D eigenvalue weighted by Crippen LogP contribution is 2.40. The molecule has 0 spiro atoms. The van der Waals surface area contributed by atoms with E-state index in [9.17, 15) is 9.59 Å². The third-order valence-electron chi connectivity index (χ3n) is 4.48. The Labute approximate surface area is 106 Å². The Kier molecular flexibility index (Phi) is 2.52. The van der Waals surface area contributed by atoms with E-state index in [4.69, 9.17) is 5.73 Å². The summed E-state index contributed by atoms with van der Waals surface area (Å²) in [7, 11) is 2.13. The zero-order chi connectivity index (χ0) is 12.9. The first-order valence-electron chi connectivity index (χ1n) is 6.56. The molecule has 18 heavy (non-hydrogen) atoms. The van der Waals surface area contributed by atoms with Crippen LogP contribution in [0.15, 0.2) is 0 Å². The minimum Gasteiger partial charge on any atom is -0.352 e. The fraction of sp³-hybridized carbons (Fsp3) is 0.833. The largest absolute Gasteiger partial charge is 0.352 e. The maximum Gasteiger partial charge on any atom is 0.313 e. The van der Waals surface area contributed by atoms with Gasteiger partial charge < -0.3 is 20.9 Å². The second kappa shape index (κ2) is 3.85. The number of hydrogen-bond acceptors (Lipinski definition) is 3. The topological polar surface area (TPSA) is 78.7 Å². The lowest BCUT2D eigenvalue weighted by molar-refractivity contribution is -0.133. The number of nitrogens with one attached hydrogen (secondary N) is 1. The van der Waals surface area contributed by atoms with Gasteiger partial charge in [0.25, 0.3) is 0 Å². The zero-order valence-electron chi connectivity index (χ0n) is 10.7. The van der Waals surface area contributed by atoms with Crippen molar-refractivity contribution in [2.45, 2.75) is 18.4 Å². The van der Waals surface area contributed by atoms with Gasteiger partial charge in [-0.05, 0) is 31.7 Å². The van der Waals surface area contributed by atoms with E-state index in [0.29, 0.717) is 11.8 Å². The lowest BCUT2D eigenvalue weighted by Crippen LogP contribution is -2.52. The molecular weight excluding hydrogens is 232 g/mol. The second-order valence-electron chi connectivity index (χ2n) is 6.02. The Morgan fingerprint density at radius 2 is 1.72 bits per heavy atom. The minimum atomic E-state index is -0.670. The van der Waals surface area contributed by atoms with Gasteiger partial charge in [0.05, 0.1) is 0 Å². The normalized spacial score (nSPS) is 33.3. The van der Waals surface area contributed by atoms with Crippen molar-refractivity contribution in [1.82, 2.24) is 15.1 Å². The summed E-state index contributed by atoms with van der Waals surface area (Å²) in [5.74, 6) is 1.27. The SMILES string of the molecule is CN1C[C@@H]2CN(C(=O)C3(NC(N)=O)CC3)C[C@@H]2C1. The average Bonchev–Trinajstić information content (AvgIpc) is 2.80. The van der Waals surface area contributed by atoms with E-state index in [1.807, 2.05) is 4.90 Å². The summed E-state index contributed by atoms with van der Waals surface area (Å²) in [6, 6.07) is -0.597. The van der Waals surface area contributed by atoms with E-state index in [1.54, 1.807) is 0 Å². The summed E-state index contributed by atoms with van der Waals surface area (Å²) in [6.07, 6.45) is 1.45. The number of carbonyl (C=O) groups excluding carboxylic acids is 2. The van der Waals surface area contributed by atoms with Crippen LogP contribution in [-0.4, -0.2) is 60.5 Å². The van der Waals surface area contributed by atoms with Crippen molar-refractivity contribution < 1.29 is 9.59 Å². The molecule has 3 N–H and O–H groups in total. The van der Waals surface area contributed by atoms with Crippen LogP contribution >= 0.6 is 0 Å². The number of nitrogens with two attached hydrogens (primary N) is 1. The molecule has 0 radical (unpaired) electrons. The molecule has 3 rings (SSSR count). The van der Waals surface area contributed by atoms with Crippen LogP contribution in [0, 0.1) is 11.8 Å². The predicted molar refractivity (Wildman–Crippen MR) is 65.7 cm³/mol. The maximum atomic E-state index is 12.4. The highest BCUT2D eigenvalue weighted by Gasteiger charge is 2.55. The summed E-state index contributed by atoms with van der Waals surface area (Å²) in [6.45, 7) is 3.81. The number of hydrogen-bond donors (Lipinski definition) is 2. The lowest BCUT2D eigenvalue weighted by atomic mass is 10.0. The Hall–Kier alpha value is -1.30. The fourth-order valence-electron chi connectivity index (χ4n) is 3.45. The van der Waals surface area contributed by atoms with Gasteiger partial charge in [0.1, 0.15) is 5.54 Å². The average molecular weight is 252 g/mol. The number of amides is 3. The number of primary amides is 1. The van der Waals surface area contributed by atoms with E-state index in [-0.39, 0.29) is 5.91 Å². The molecule has 1 aliphatic carbocycles. The van der Waals surface area contributed by atoms with Crippen molar-refractivity contribution >= 4 is 11.9 Å². The lowest BCUT2D eigenvalue weighted by Gasteiger charge is -2.24. The summed E-state index contributed by atoms with van der Waals surface area (Å²) in [5.41, 5.74) is 4.47. The molecule has 0 aromatic carbocycles. The van der Waals surface area contributed by atoms with E-state index >= 15 is 0 Å². The Morgan fingerprint density at radius 3 is 2.17 bits per heavy atom. The second-order valence-corrected chi connectivity index (χ2v) is 6.02. The molecule has 100 valence electrons. The van der Waals surface area contributed by atoms with Crippen LogP contribution in [0.4, 0.5) is 4.79 Å². The van der Waals surface area contributed by atoms with Crippen molar-refractivity contribution in [3.63, 3.8) is 0 Å². The van der Waals surface area contributed by atoms with Gasteiger partial charge in [-0.2, -0.15) is 0 Å². The highest BCUT2D eigenvalue weighted by atomic mass is 16.2. The van der Waals surface area contributed by atoms with Gasteiger partial charge in [0.2, 0.25) is 5.91 Å². The van der Waals surface area contributed by atoms with E-state index in [1.165, 1.54) is 0 Å². The minimum absolute atomic E-state index is 0.0679.